The zero-order valence-electron chi connectivity index (χ0n) is 34.9. The minimum Gasteiger partial charge on any atom is -0.310 e. The van der Waals surface area contributed by atoms with E-state index in [0.29, 0.717) is 16.5 Å². The summed E-state index contributed by atoms with van der Waals surface area (Å²) in [6.45, 7) is 0. The SMILES string of the molecule is [2H]c1c([2H])c([2H])c(N(c2c([2H])c([2H])c(-c3cccc4ccccc34)c([2H])c2[2H])c2c([2H])c([2H])c([2H])c(-c3ccc4sc5ccccc5c4c3)c2[2H])c([2H])c1[2H]. The molecule has 1 heterocycles. The van der Waals surface area contributed by atoms with Gasteiger partial charge in [0.2, 0.25) is 0 Å². The lowest BCUT2D eigenvalue weighted by atomic mass is 9.98. The maximum absolute atomic E-state index is 9.60. The Morgan fingerprint density at radius 1 is 0.476 bits per heavy atom. The third kappa shape index (κ3) is 4.34. The van der Waals surface area contributed by atoms with Gasteiger partial charge in [-0.1, -0.05) is 109 Å². The minimum absolute atomic E-state index is 0.0478. The highest BCUT2D eigenvalue weighted by Gasteiger charge is 2.14. The number of anilines is 3. The Morgan fingerprint density at radius 3 is 2.07 bits per heavy atom. The predicted octanol–water partition coefficient (Wildman–Crippen LogP) is 12.0. The van der Waals surface area contributed by atoms with Crippen molar-refractivity contribution in [3.63, 3.8) is 0 Å². The van der Waals surface area contributed by atoms with Crippen LogP contribution in [0.2, 0.25) is 0 Å². The Hall–Kier alpha value is -5.18. The third-order valence-electron chi connectivity index (χ3n) is 7.11. The summed E-state index contributed by atoms with van der Waals surface area (Å²) in [7, 11) is 0. The highest BCUT2D eigenvalue weighted by atomic mass is 32.1. The van der Waals surface area contributed by atoms with E-state index < -0.39 is 95.6 Å². The Bertz CT molecular complexity index is 2880. The molecular weight excluding hydrogens is 527 g/mol. The molecule has 2 heteroatoms. The fourth-order valence-corrected chi connectivity index (χ4v) is 6.24. The number of thiophene rings is 1. The van der Waals surface area contributed by atoms with E-state index in [1.807, 2.05) is 48.5 Å². The topological polar surface area (TPSA) is 3.24 Å². The number of rotatable bonds is 5. The first kappa shape index (κ1) is 14.6. The molecule has 0 fully saturated rings. The second kappa shape index (κ2) is 10.3. The minimum atomic E-state index is -0.797. The molecule has 8 aromatic rings. The Kier molecular flexibility index (Phi) is 3.60. The summed E-state index contributed by atoms with van der Waals surface area (Å²) < 4.78 is 119. The average molecular weight is 567 g/mol. The van der Waals surface area contributed by atoms with Gasteiger partial charge in [0, 0.05) is 37.2 Å². The average Bonchev–Trinajstić information content (AvgIpc) is 3.56. The summed E-state index contributed by atoms with van der Waals surface area (Å²) in [5.74, 6) is 0. The maximum Gasteiger partial charge on any atom is 0.0651 e. The van der Waals surface area contributed by atoms with Crippen molar-refractivity contribution in [2.45, 2.75) is 0 Å². The van der Waals surface area contributed by atoms with Crippen molar-refractivity contribution in [3.05, 3.63) is 163 Å². The third-order valence-corrected chi connectivity index (χ3v) is 8.26. The molecule has 198 valence electrons. The summed E-state index contributed by atoms with van der Waals surface area (Å²) in [5.41, 5.74) is -1.20. The zero-order valence-corrected chi connectivity index (χ0v) is 22.8. The lowest BCUT2D eigenvalue weighted by Crippen LogP contribution is -2.09. The Morgan fingerprint density at radius 2 is 1.19 bits per heavy atom. The summed E-state index contributed by atoms with van der Waals surface area (Å²) >= 11 is 1.56. The van der Waals surface area contributed by atoms with Gasteiger partial charge in [0.05, 0.1) is 17.8 Å². The fraction of sp³-hybridized carbons (Fsp3) is 0. The second-order valence-corrected chi connectivity index (χ2v) is 10.7. The molecule has 0 aliphatic rings. The van der Waals surface area contributed by atoms with Crippen LogP contribution in [0.5, 0.6) is 0 Å². The number of fused-ring (bicyclic) bond motifs is 4. The molecule has 1 nitrogen and oxygen atoms in total. The molecule has 0 unspecified atom stereocenters. The second-order valence-electron chi connectivity index (χ2n) is 9.59. The first-order valence-electron chi connectivity index (χ1n) is 19.7. The molecule has 0 saturated carbocycles. The monoisotopic (exact) mass is 566 g/mol. The van der Waals surface area contributed by atoms with Crippen molar-refractivity contribution in [1.29, 1.82) is 0 Å². The molecule has 0 N–H and O–H groups in total. The molecule has 0 aliphatic heterocycles. The van der Waals surface area contributed by atoms with Crippen LogP contribution in [0.15, 0.2) is 163 Å². The molecule has 0 atom stereocenters. The van der Waals surface area contributed by atoms with Crippen LogP contribution in [0.3, 0.4) is 0 Å². The molecule has 0 radical (unpaired) electrons. The normalized spacial score (nSPS) is 15.7. The van der Waals surface area contributed by atoms with Crippen molar-refractivity contribution in [1.82, 2.24) is 0 Å². The molecule has 0 aliphatic carbocycles. The van der Waals surface area contributed by atoms with E-state index in [2.05, 4.69) is 0 Å². The Labute approximate surface area is 267 Å². The van der Waals surface area contributed by atoms with Crippen LogP contribution in [-0.2, 0) is 0 Å². The number of para-hydroxylation sites is 1. The summed E-state index contributed by atoms with van der Waals surface area (Å²) in [6.07, 6.45) is 0. The lowest BCUT2D eigenvalue weighted by Gasteiger charge is -2.26. The molecule has 0 spiro atoms. The summed E-state index contributed by atoms with van der Waals surface area (Å²) in [4.78, 5) is 0.804. The molecule has 0 amide bonds. The van der Waals surface area contributed by atoms with E-state index in [9.17, 15) is 6.85 Å². The van der Waals surface area contributed by atoms with Gasteiger partial charge in [-0.15, -0.1) is 11.3 Å². The van der Waals surface area contributed by atoms with E-state index in [1.165, 1.54) is 0 Å². The standard InChI is InChI=1S/C40H27NS/c1-2-13-32(14-3-1)41(33-23-20-29(21-24-33)36-18-9-11-28-10-4-5-16-35(28)36)34-15-8-12-30(26-34)31-22-25-40-38(27-31)37-17-6-7-19-39(37)42-40/h1-27H/i1D,2D,3D,8D,12D,13D,14D,15D,20D,21D,23D,24D,26D. The molecule has 8 rings (SSSR count). The van der Waals surface area contributed by atoms with Crippen molar-refractivity contribution in [2.75, 3.05) is 4.90 Å². The first-order valence-corrected chi connectivity index (χ1v) is 14.0. The molecular formula is C40H27NS. The van der Waals surface area contributed by atoms with Crippen LogP contribution in [0.25, 0.3) is 53.2 Å². The summed E-state index contributed by atoms with van der Waals surface area (Å²) in [5, 5.41) is 3.21. The first-order chi connectivity index (χ1) is 26.2. The molecule has 1 aromatic heterocycles. The van der Waals surface area contributed by atoms with Gasteiger partial charge in [-0.25, -0.2) is 0 Å². The van der Waals surface area contributed by atoms with Crippen molar-refractivity contribution in [3.8, 4) is 22.3 Å². The van der Waals surface area contributed by atoms with E-state index in [4.69, 9.17) is 11.0 Å². The van der Waals surface area contributed by atoms with Crippen LogP contribution in [-0.4, -0.2) is 0 Å². The molecule has 42 heavy (non-hydrogen) atoms. The molecule has 0 bridgehead atoms. The van der Waals surface area contributed by atoms with Crippen molar-refractivity contribution < 1.29 is 17.8 Å². The van der Waals surface area contributed by atoms with Gasteiger partial charge in [-0.2, -0.15) is 0 Å². The quantitative estimate of drug-likeness (QED) is 0.200. The van der Waals surface area contributed by atoms with Gasteiger partial charge in [0.1, 0.15) is 0 Å². The van der Waals surface area contributed by atoms with Gasteiger partial charge in [0.25, 0.3) is 0 Å². The predicted molar refractivity (Wildman–Crippen MR) is 182 cm³/mol. The summed E-state index contributed by atoms with van der Waals surface area (Å²) in [6, 6.07) is 16.8. The van der Waals surface area contributed by atoms with Gasteiger partial charge < -0.3 is 4.90 Å². The number of nitrogens with zero attached hydrogens (tertiary/aromatic N) is 1. The lowest BCUT2D eigenvalue weighted by molar-refractivity contribution is 1.28. The van der Waals surface area contributed by atoms with Crippen LogP contribution in [0, 0.1) is 0 Å². The fourth-order valence-electron chi connectivity index (χ4n) is 5.16. The van der Waals surface area contributed by atoms with E-state index in [0.717, 1.165) is 30.5 Å². The van der Waals surface area contributed by atoms with Crippen LogP contribution < -0.4 is 4.90 Å². The van der Waals surface area contributed by atoms with Gasteiger partial charge in [0.15, 0.2) is 0 Å². The van der Waals surface area contributed by atoms with E-state index in [-0.39, 0.29) is 11.1 Å². The van der Waals surface area contributed by atoms with Crippen molar-refractivity contribution >= 4 is 59.3 Å². The molecule has 0 saturated heterocycles. The van der Waals surface area contributed by atoms with E-state index >= 15 is 0 Å². The van der Waals surface area contributed by atoms with Gasteiger partial charge >= 0.3 is 0 Å². The highest BCUT2D eigenvalue weighted by Crippen LogP contribution is 2.40. The maximum atomic E-state index is 9.60. The van der Waals surface area contributed by atoms with Crippen LogP contribution in [0.4, 0.5) is 17.1 Å². The smallest absolute Gasteiger partial charge is 0.0651 e. The van der Waals surface area contributed by atoms with Crippen LogP contribution >= 0.6 is 11.3 Å². The van der Waals surface area contributed by atoms with E-state index in [1.54, 1.807) is 47.7 Å². The molecule has 7 aromatic carbocycles. The Balaban J connectivity index is 1.48. The largest absolute Gasteiger partial charge is 0.310 e. The van der Waals surface area contributed by atoms with Crippen molar-refractivity contribution in [2.24, 2.45) is 0 Å². The number of hydrogen-bond acceptors (Lipinski definition) is 2. The van der Waals surface area contributed by atoms with Gasteiger partial charge in [-0.3, -0.25) is 0 Å². The van der Waals surface area contributed by atoms with Gasteiger partial charge in [-0.05, 0) is 87.5 Å². The number of hydrogen-bond donors (Lipinski definition) is 0. The van der Waals surface area contributed by atoms with Crippen LogP contribution in [0.1, 0.15) is 17.8 Å². The zero-order chi connectivity index (χ0) is 39.2. The highest BCUT2D eigenvalue weighted by molar-refractivity contribution is 7.25. The number of benzene rings is 7.